The second kappa shape index (κ2) is 17.2. The van der Waals surface area contributed by atoms with Crippen LogP contribution in [0.15, 0.2) is 48.5 Å². The molecule has 6 nitrogen and oxygen atoms in total. The predicted molar refractivity (Wildman–Crippen MR) is 160 cm³/mol. The number of carbonyl (C=O) groups is 2. The smallest absolute Gasteiger partial charge is 0.400 e. The van der Waals surface area contributed by atoms with Gasteiger partial charge in [0.2, 0.25) is 11.1 Å². The number of hydrogen-bond donors (Lipinski definition) is 2. The molecule has 2 aliphatic rings. The summed E-state index contributed by atoms with van der Waals surface area (Å²) in [5, 5.41) is 10.1. The lowest BCUT2D eigenvalue weighted by atomic mass is 9.87. The summed E-state index contributed by atoms with van der Waals surface area (Å²) in [6, 6.07) is 10.4. The van der Waals surface area contributed by atoms with Crippen molar-refractivity contribution >= 4 is 46.0 Å². The summed E-state index contributed by atoms with van der Waals surface area (Å²) < 4.78 is 85.8. The van der Waals surface area contributed by atoms with Gasteiger partial charge in [0.25, 0.3) is 0 Å². The zero-order valence-electron chi connectivity index (χ0n) is 24.5. The molecule has 1 unspecified atom stereocenters. The van der Waals surface area contributed by atoms with Crippen molar-refractivity contribution in [2.75, 3.05) is 26.1 Å². The molecule has 252 valence electrons. The monoisotopic (exact) mass is 706 g/mol. The summed E-state index contributed by atoms with van der Waals surface area (Å²) in [6.45, 7) is 1.80. The Balaban J connectivity index is 0.000000692. The van der Waals surface area contributed by atoms with Gasteiger partial charge in [-0.05, 0) is 67.1 Å². The summed E-state index contributed by atoms with van der Waals surface area (Å²) >= 11 is 16.6. The molecule has 0 bridgehead atoms. The number of halogens is 9. The minimum atomic E-state index is -4.94. The molecule has 2 aromatic rings. The van der Waals surface area contributed by atoms with Gasteiger partial charge < -0.3 is 20.1 Å². The van der Waals surface area contributed by atoms with E-state index in [-0.39, 0.29) is 35.4 Å². The SMILES string of the molecule is CO.C[C@@H](OC[C@@]1(c2ccccc2)C[C@H](N2C(=O)CCC2Cl)CN1)c1cc(C(F)(F)F)cc(C(F)(F)F)c1.O=C(Cl)CCCCl. The Kier molecular flexibility index (Phi) is 14.9. The van der Waals surface area contributed by atoms with E-state index in [0.717, 1.165) is 12.7 Å². The van der Waals surface area contributed by atoms with E-state index in [2.05, 4.69) is 5.32 Å². The van der Waals surface area contributed by atoms with Gasteiger partial charge in [-0.2, -0.15) is 26.3 Å². The molecule has 0 saturated carbocycles. The van der Waals surface area contributed by atoms with Crippen LogP contribution in [0.3, 0.4) is 0 Å². The van der Waals surface area contributed by atoms with Crippen molar-refractivity contribution in [1.29, 1.82) is 0 Å². The summed E-state index contributed by atoms with van der Waals surface area (Å²) in [6.07, 6.45) is -8.55. The lowest BCUT2D eigenvalue weighted by molar-refractivity contribution is -0.143. The molecule has 15 heteroatoms. The first kappa shape index (κ1) is 39.1. The molecule has 2 saturated heterocycles. The van der Waals surface area contributed by atoms with E-state index in [1.54, 1.807) is 4.90 Å². The maximum Gasteiger partial charge on any atom is 0.416 e. The van der Waals surface area contributed by atoms with E-state index < -0.39 is 40.6 Å². The molecule has 45 heavy (non-hydrogen) atoms. The number of hydrogen-bond acceptors (Lipinski definition) is 5. The highest BCUT2D eigenvalue weighted by molar-refractivity contribution is 6.63. The third-order valence-electron chi connectivity index (χ3n) is 7.33. The number of aliphatic hydroxyl groups is 1. The molecule has 4 rings (SSSR count). The van der Waals surface area contributed by atoms with Crippen LogP contribution in [0.2, 0.25) is 0 Å². The van der Waals surface area contributed by atoms with Crippen LogP contribution >= 0.6 is 34.8 Å². The lowest BCUT2D eigenvalue weighted by Gasteiger charge is -2.33. The molecule has 0 spiro atoms. The zero-order chi connectivity index (χ0) is 34.0. The van der Waals surface area contributed by atoms with Gasteiger partial charge >= 0.3 is 12.4 Å². The number of alkyl halides is 8. The Bertz CT molecular complexity index is 1220. The van der Waals surface area contributed by atoms with Gasteiger partial charge in [-0.15, -0.1) is 11.6 Å². The molecular weight excluding hydrogens is 673 g/mol. The second-order valence-electron chi connectivity index (χ2n) is 10.4. The van der Waals surface area contributed by atoms with Gasteiger partial charge in [0.05, 0.1) is 29.4 Å². The fraction of sp³-hybridized carbons (Fsp3) is 0.533. The molecule has 2 N–H and O–H groups in total. The molecule has 2 aliphatic heterocycles. The lowest BCUT2D eigenvalue weighted by Crippen LogP contribution is -2.42. The number of ether oxygens (including phenoxy) is 1. The molecule has 1 amide bonds. The van der Waals surface area contributed by atoms with Crippen molar-refractivity contribution in [3.8, 4) is 0 Å². The second-order valence-corrected chi connectivity index (χ2v) is 11.7. The normalized spacial score (nSPS) is 22.3. The van der Waals surface area contributed by atoms with Crippen molar-refractivity contribution in [2.24, 2.45) is 0 Å². The van der Waals surface area contributed by atoms with E-state index in [0.29, 0.717) is 56.7 Å². The first-order chi connectivity index (χ1) is 21.1. The largest absolute Gasteiger partial charge is 0.416 e. The predicted octanol–water partition coefficient (Wildman–Crippen LogP) is 7.63. The third kappa shape index (κ3) is 11.0. The highest BCUT2D eigenvalue weighted by atomic mass is 35.5. The van der Waals surface area contributed by atoms with Crippen LogP contribution in [0, 0.1) is 0 Å². The maximum atomic E-state index is 13.3. The highest BCUT2D eigenvalue weighted by Gasteiger charge is 2.47. The fourth-order valence-electron chi connectivity index (χ4n) is 5.11. The van der Waals surface area contributed by atoms with Crippen LogP contribution in [-0.2, 0) is 32.2 Å². The number of aliphatic hydroxyl groups excluding tert-OH is 1. The molecule has 0 radical (unpaired) electrons. The molecule has 0 aliphatic carbocycles. The molecule has 2 fully saturated rings. The van der Waals surface area contributed by atoms with Crippen LogP contribution in [0.25, 0.3) is 0 Å². The molecule has 0 aromatic heterocycles. The third-order valence-corrected chi connectivity index (χ3v) is 8.22. The van der Waals surface area contributed by atoms with Gasteiger partial charge in [-0.3, -0.25) is 9.59 Å². The van der Waals surface area contributed by atoms with E-state index in [1.807, 2.05) is 30.3 Å². The molecule has 2 heterocycles. The Morgan fingerprint density at radius 2 is 1.67 bits per heavy atom. The van der Waals surface area contributed by atoms with E-state index in [4.69, 9.17) is 44.6 Å². The van der Waals surface area contributed by atoms with Crippen LogP contribution in [0.5, 0.6) is 0 Å². The summed E-state index contributed by atoms with van der Waals surface area (Å²) in [4.78, 5) is 23.9. The van der Waals surface area contributed by atoms with E-state index >= 15 is 0 Å². The highest BCUT2D eigenvalue weighted by Crippen LogP contribution is 2.40. The Labute approximate surface area is 273 Å². The van der Waals surface area contributed by atoms with Crippen LogP contribution in [0.4, 0.5) is 26.3 Å². The van der Waals surface area contributed by atoms with Gasteiger partial charge in [0.1, 0.15) is 5.50 Å². The first-order valence-corrected chi connectivity index (χ1v) is 15.3. The van der Waals surface area contributed by atoms with E-state index in [9.17, 15) is 35.9 Å². The van der Waals surface area contributed by atoms with Crippen LogP contribution < -0.4 is 5.32 Å². The zero-order valence-corrected chi connectivity index (χ0v) is 26.8. The minimum Gasteiger partial charge on any atom is -0.400 e. The minimum absolute atomic E-state index is 0.0404. The fourth-order valence-corrected chi connectivity index (χ4v) is 5.75. The van der Waals surface area contributed by atoms with Crippen molar-refractivity contribution in [1.82, 2.24) is 10.2 Å². The number of carbonyl (C=O) groups excluding carboxylic acids is 2. The number of nitrogens with one attached hydrogen (secondary N) is 1. The topological polar surface area (TPSA) is 78.9 Å². The van der Waals surface area contributed by atoms with Crippen LogP contribution in [-0.4, -0.2) is 58.8 Å². The standard InChI is InChI=1S/C25H25ClF6N2O2.C4H6Cl2O.CH4O/c1-15(16-9-18(24(27,28)29)11-19(10-16)25(30,31)32)36-14-23(17-5-3-2-4-6-17)12-20(13-33-23)34-21(26)7-8-22(34)35;5-3-1-2-4(6)7;1-2/h2-6,9-11,15,20-21,33H,7-8,12-14H2,1H3;1-3H2;2H,1H3/t15-,20+,21?,23-;;/m1../s1. The van der Waals surface area contributed by atoms with Crippen LogP contribution in [0.1, 0.15) is 67.4 Å². The molecule has 4 atom stereocenters. The quantitative estimate of drug-likeness (QED) is 0.121. The average molecular weight is 708 g/mol. The first-order valence-electron chi connectivity index (χ1n) is 13.9. The average Bonchev–Trinajstić information content (AvgIpc) is 3.58. The van der Waals surface area contributed by atoms with Gasteiger partial charge in [-0.25, -0.2) is 0 Å². The number of amides is 1. The molecular formula is C30H35Cl3F6N2O4. The summed E-state index contributed by atoms with van der Waals surface area (Å²) in [5.74, 6) is 0.460. The Hall–Kier alpha value is -2.09. The maximum absolute atomic E-state index is 13.3. The van der Waals surface area contributed by atoms with Crippen molar-refractivity contribution in [2.45, 2.75) is 74.6 Å². The summed E-state index contributed by atoms with van der Waals surface area (Å²) in [5.41, 5.74) is -3.42. The Morgan fingerprint density at radius 1 is 1.09 bits per heavy atom. The van der Waals surface area contributed by atoms with Crippen molar-refractivity contribution in [3.63, 3.8) is 0 Å². The van der Waals surface area contributed by atoms with Crippen molar-refractivity contribution in [3.05, 3.63) is 70.8 Å². The van der Waals surface area contributed by atoms with Gasteiger partial charge in [0, 0.05) is 38.4 Å². The van der Waals surface area contributed by atoms with E-state index in [1.165, 1.54) is 6.92 Å². The van der Waals surface area contributed by atoms with Gasteiger partial charge in [-0.1, -0.05) is 41.9 Å². The Morgan fingerprint density at radius 3 is 2.11 bits per heavy atom. The number of nitrogens with zero attached hydrogens (tertiary/aromatic N) is 1. The molecule has 2 aromatic carbocycles. The number of likely N-dealkylation sites (tertiary alicyclic amines) is 1. The number of rotatable bonds is 9. The van der Waals surface area contributed by atoms with Gasteiger partial charge in [0.15, 0.2) is 0 Å². The summed E-state index contributed by atoms with van der Waals surface area (Å²) in [7, 11) is 1.00. The van der Waals surface area contributed by atoms with Crippen molar-refractivity contribution < 1.29 is 45.8 Å². The number of benzene rings is 2.